The third-order valence-electron chi connectivity index (χ3n) is 14.2. The van der Waals surface area contributed by atoms with E-state index in [0.29, 0.717) is 0 Å². The molecule has 0 aliphatic carbocycles. The van der Waals surface area contributed by atoms with Crippen molar-refractivity contribution in [1.29, 1.82) is 0 Å². The smallest absolute Gasteiger partial charge is 0.0619 e. The minimum absolute atomic E-state index is 1.08. The molecule has 0 aliphatic rings. The van der Waals surface area contributed by atoms with Gasteiger partial charge in [0.05, 0.1) is 11.4 Å². The van der Waals surface area contributed by atoms with E-state index in [1.54, 1.807) is 0 Å². The highest BCUT2D eigenvalue weighted by Crippen LogP contribution is 2.51. The zero-order chi connectivity index (χ0) is 47.8. The third kappa shape index (κ3) is 7.92. The third-order valence-corrected chi connectivity index (χ3v) is 14.2. The molecule has 0 spiro atoms. The van der Waals surface area contributed by atoms with E-state index < -0.39 is 0 Å². The largest absolute Gasteiger partial charge is 0.309 e. The minimum atomic E-state index is 1.08. The Labute approximate surface area is 420 Å². The molecule has 0 bridgehead atoms. The van der Waals surface area contributed by atoms with Crippen molar-refractivity contribution < 1.29 is 0 Å². The summed E-state index contributed by atoms with van der Waals surface area (Å²) >= 11 is 0. The first-order valence-corrected chi connectivity index (χ1v) is 24.7. The van der Waals surface area contributed by atoms with Crippen molar-refractivity contribution in [3.63, 3.8) is 0 Å². The second-order valence-corrected chi connectivity index (χ2v) is 18.5. The Morgan fingerprint density at radius 3 is 0.722 bits per heavy atom. The maximum Gasteiger partial charge on any atom is 0.0619 e. The van der Waals surface area contributed by atoms with Crippen LogP contribution in [0.2, 0.25) is 0 Å². The second-order valence-electron chi connectivity index (χ2n) is 18.5. The van der Waals surface area contributed by atoms with Gasteiger partial charge in [0.2, 0.25) is 0 Å². The van der Waals surface area contributed by atoms with Gasteiger partial charge in [-0.25, -0.2) is 0 Å². The molecule has 13 aromatic carbocycles. The average molecular weight is 917 g/mol. The van der Waals surface area contributed by atoms with Crippen LogP contribution in [0.3, 0.4) is 0 Å². The molecular weight excluding hydrogens is 869 g/mol. The second kappa shape index (κ2) is 18.4. The van der Waals surface area contributed by atoms with Crippen molar-refractivity contribution in [2.75, 3.05) is 9.80 Å². The zero-order valence-electron chi connectivity index (χ0n) is 39.6. The van der Waals surface area contributed by atoms with E-state index in [9.17, 15) is 0 Å². The number of hydrogen-bond acceptors (Lipinski definition) is 2. The Bertz CT molecular complexity index is 3730. The molecule has 2 heteroatoms. The van der Waals surface area contributed by atoms with Crippen molar-refractivity contribution >= 4 is 77.2 Å². The summed E-state index contributed by atoms with van der Waals surface area (Å²) in [7, 11) is 0. The molecule has 0 aromatic heterocycles. The Hall–Kier alpha value is -9.50. The SMILES string of the molecule is c1ccc(-c2ccc(N(c3ccc(-c4ccc5ccccc5c4)cc3)c3c4ccccc4c(N(c4ccc(-c5ccccc5)cc4)c4ccc(-c5ccc6ccccc6c5)cc4)c4ccccc34)cc2)cc1. The highest BCUT2D eigenvalue weighted by atomic mass is 15.2. The lowest BCUT2D eigenvalue weighted by molar-refractivity contribution is 1.29. The summed E-state index contributed by atoms with van der Waals surface area (Å²) in [6.45, 7) is 0. The molecule has 0 amide bonds. The Morgan fingerprint density at radius 2 is 0.403 bits per heavy atom. The van der Waals surface area contributed by atoms with Crippen molar-refractivity contribution in [2.45, 2.75) is 0 Å². The van der Waals surface area contributed by atoms with E-state index in [4.69, 9.17) is 0 Å². The number of rotatable bonds is 10. The number of benzene rings is 13. The molecule has 0 atom stereocenters. The Balaban J connectivity index is 1.01. The molecule has 2 nitrogen and oxygen atoms in total. The van der Waals surface area contributed by atoms with Crippen LogP contribution in [0, 0.1) is 0 Å². The molecule has 0 heterocycles. The summed E-state index contributed by atoms with van der Waals surface area (Å²) in [5.74, 6) is 0. The van der Waals surface area contributed by atoms with Crippen LogP contribution in [0.25, 0.3) is 87.6 Å². The lowest BCUT2D eigenvalue weighted by Gasteiger charge is -2.33. The van der Waals surface area contributed by atoms with Crippen LogP contribution in [0.15, 0.2) is 291 Å². The fourth-order valence-electron chi connectivity index (χ4n) is 10.6. The van der Waals surface area contributed by atoms with Crippen molar-refractivity contribution in [3.8, 4) is 44.5 Å². The summed E-state index contributed by atoms with van der Waals surface area (Å²) in [6.07, 6.45) is 0. The van der Waals surface area contributed by atoms with Crippen molar-refractivity contribution in [1.82, 2.24) is 0 Å². The number of hydrogen-bond donors (Lipinski definition) is 0. The van der Waals surface area contributed by atoms with Gasteiger partial charge in [0.1, 0.15) is 0 Å². The highest BCUT2D eigenvalue weighted by molar-refractivity contribution is 6.23. The van der Waals surface area contributed by atoms with Crippen molar-refractivity contribution in [3.05, 3.63) is 291 Å². The molecule has 72 heavy (non-hydrogen) atoms. The van der Waals surface area contributed by atoms with Crippen LogP contribution < -0.4 is 9.80 Å². The van der Waals surface area contributed by atoms with Gasteiger partial charge in [-0.2, -0.15) is 0 Å². The standard InChI is InChI=1S/C70H48N2/c1-3-15-49(16-4-1)53-31-39-61(40-32-53)71(63-43-35-55(36-44-63)59-29-27-51-19-7-9-21-57(51)47-59)69-65-23-11-13-25-67(65)70(68-26-14-12-24-66(68)69)72(62-41-33-54(34-42-62)50-17-5-2-6-18-50)64-45-37-56(38-46-64)60-30-28-52-20-8-10-22-58(52)48-60/h1-48H. The van der Waals surface area contributed by atoms with Gasteiger partial charge in [-0.1, -0.05) is 231 Å². The summed E-state index contributed by atoms with van der Waals surface area (Å²) in [5.41, 5.74) is 16.0. The molecule has 0 saturated heterocycles. The molecule has 13 rings (SSSR count). The molecule has 0 radical (unpaired) electrons. The topological polar surface area (TPSA) is 6.48 Å². The number of nitrogens with zero attached hydrogens (tertiary/aromatic N) is 2. The summed E-state index contributed by atoms with van der Waals surface area (Å²) in [4.78, 5) is 4.93. The van der Waals surface area contributed by atoms with Gasteiger partial charge in [-0.15, -0.1) is 0 Å². The summed E-state index contributed by atoms with van der Waals surface area (Å²) in [6, 6.07) is 106. The fraction of sp³-hybridized carbons (Fsp3) is 0. The number of fused-ring (bicyclic) bond motifs is 4. The maximum absolute atomic E-state index is 2.46. The highest BCUT2D eigenvalue weighted by Gasteiger charge is 2.26. The van der Waals surface area contributed by atoms with Gasteiger partial charge in [-0.3, -0.25) is 0 Å². The van der Waals surface area contributed by atoms with Crippen LogP contribution in [0.5, 0.6) is 0 Å². The van der Waals surface area contributed by atoms with Crippen LogP contribution in [-0.2, 0) is 0 Å². The van der Waals surface area contributed by atoms with Crippen LogP contribution >= 0.6 is 0 Å². The van der Waals surface area contributed by atoms with Gasteiger partial charge in [0, 0.05) is 44.3 Å². The lowest BCUT2D eigenvalue weighted by Crippen LogP contribution is -2.14. The van der Waals surface area contributed by atoms with E-state index in [2.05, 4.69) is 301 Å². The van der Waals surface area contributed by atoms with Crippen LogP contribution in [-0.4, -0.2) is 0 Å². The molecule has 0 N–H and O–H groups in total. The van der Waals surface area contributed by atoms with E-state index in [1.165, 1.54) is 66.1 Å². The first-order chi connectivity index (χ1) is 35.7. The van der Waals surface area contributed by atoms with Crippen molar-refractivity contribution in [2.24, 2.45) is 0 Å². The molecule has 0 fully saturated rings. The van der Waals surface area contributed by atoms with Crippen LogP contribution in [0.4, 0.5) is 34.1 Å². The number of anilines is 6. The summed E-state index contributed by atoms with van der Waals surface area (Å²) < 4.78 is 0. The van der Waals surface area contributed by atoms with E-state index >= 15 is 0 Å². The molecule has 338 valence electrons. The molecule has 0 saturated carbocycles. The van der Waals surface area contributed by atoms with Gasteiger partial charge in [-0.05, 0) is 127 Å². The molecular formula is C70H48N2. The molecule has 0 unspecified atom stereocenters. The maximum atomic E-state index is 2.46. The monoisotopic (exact) mass is 916 g/mol. The van der Waals surface area contributed by atoms with Gasteiger partial charge < -0.3 is 9.80 Å². The predicted molar refractivity (Wildman–Crippen MR) is 308 cm³/mol. The first-order valence-electron chi connectivity index (χ1n) is 24.7. The Kier molecular flexibility index (Phi) is 10.9. The molecule has 0 aliphatic heterocycles. The predicted octanol–water partition coefficient (Wildman–Crippen LogP) is 19.9. The van der Waals surface area contributed by atoms with Crippen LogP contribution in [0.1, 0.15) is 0 Å². The van der Waals surface area contributed by atoms with E-state index in [-0.39, 0.29) is 0 Å². The average Bonchev–Trinajstić information content (AvgIpc) is 3.46. The van der Waals surface area contributed by atoms with Gasteiger partial charge in [0.25, 0.3) is 0 Å². The zero-order valence-corrected chi connectivity index (χ0v) is 39.6. The summed E-state index contributed by atoms with van der Waals surface area (Å²) in [5, 5.41) is 9.55. The normalized spacial score (nSPS) is 11.3. The quantitative estimate of drug-likeness (QED) is 0.0996. The van der Waals surface area contributed by atoms with E-state index in [0.717, 1.165) is 55.7 Å². The Morgan fingerprint density at radius 1 is 0.167 bits per heavy atom. The fourth-order valence-corrected chi connectivity index (χ4v) is 10.6. The first kappa shape index (κ1) is 42.6. The molecule has 13 aromatic rings. The minimum Gasteiger partial charge on any atom is -0.309 e. The van der Waals surface area contributed by atoms with Gasteiger partial charge in [0.15, 0.2) is 0 Å². The van der Waals surface area contributed by atoms with E-state index in [1.807, 2.05) is 0 Å². The van der Waals surface area contributed by atoms with Gasteiger partial charge >= 0.3 is 0 Å². The lowest BCUT2D eigenvalue weighted by atomic mass is 9.94.